The summed E-state index contributed by atoms with van der Waals surface area (Å²) in [4.78, 5) is 13.7. The summed E-state index contributed by atoms with van der Waals surface area (Å²) < 4.78 is 5.28. The van der Waals surface area contributed by atoms with Crippen molar-refractivity contribution < 1.29 is 4.74 Å². The molecule has 2 rings (SSSR count). The molecule has 0 bridgehead atoms. The van der Waals surface area contributed by atoms with Crippen LogP contribution < -0.4 is 10.2 Å². The summed E-state index contributed by atoms with van der Waals surface area (Å²) in [5.74, 6) is 2.53. The van der Waals surface area contributed by atoms with E-state index < -0.39 is 0 Å². The van der Waals surface area contributed by atoms with Crippen molar-refractivity contribution in [2.45, 2.75) is 19.9 Å². The summed E-state index contributed by atoms with van der Waals surface area (Å²) in [6.07, 6.45) is 1.16. The Morgan fingerprint density at radius 1 is 1.46 bits per heavy atom. The molecular formula is C17H30IN5O. The Hall–Kier alpha value is -1.09. The maximum atomic E-state index is 5.28. The monoisotopic (exact) mass is 447 g/mol. The van der Waals surface area contributed by atoms with Gasteiger partial charge in [-0.15, -0.1) is 24.0 Å². The van der Waals surface area contributed by atoms with Gasteiger partial charge in [-0.05, 0) is 25.5 Å². The molecule has 1 N–H and O–H groups in total. The van der Waals surface area contributed by atoms with Crippen LogP contribution in [0.15, 0.2) is 23.2 Å². The molecule has 136 valence electrons. The highest BCUT2D eigenvalue weighted by Gasteiger charge is 2.24. The molecule has 1 aliphatic rings. The number of hydrogen-bond acceptors (Lipinski definition) is 4. The number of likely N-dealkylation sites (tertiary alicyclic amines) is 1. The molecule has 7 heteroatoms. The highest BCUT2D eigenvalue weighted by molar-refractivity contribution is 14.0. The lowest BCUT2D eigenvalue weighted by atomic mass is 10.1. The summed E-state index contributed by atoms with van der Waals surface area (Å²) >= 11 is 0. The Morgan fingerprint density at radius 3 is 2.92 bits per heavy atom. The van der Waals surface area contributed by atoms with E-state index in [1.807, 2.05) is 37.2 Å². The second-order valence-corrected chi connectivity index (χ2v) is 6.11. The predicted molar refractivity (Wildman–Crippen MR) is 110 cm³/mol. The van der Waals surface area contributed by atoms with Crippen LogP contribution in [0.2, 0.25) is 0 Å². The molecule has 24 heavy (non-hydrogen) atoms. The number of anilines is 1. The summed E-state index contributed by atoms with van der Waals surface area (Å²) in [7, 11) is 5.77. The quantitative estimate of drug-likeness (QED) is 0.412. The van der Waals surface area contributed by atoms with Crippen molar-refractivity contribution in [1.29, 1.82) is 0 Å². The fourth-order valence-electron chi connectivity index (χ4n) is 2.78. The van der Waals surface area contributed by atoms with Crippen molar-refractivity contribution in [3.63, 3.8) is 0 Å². The molecule has 6 nitrogen and oxygen atoms in total. The van der Waals surface area contributed by atoms with Gasteiger partial charge in [-0.2, -0.15) is 0 Å². The lowest BCUT2D eigenvalue weighted by molar-refractivity contribution is 0.157. The Balaban J connectivity index is 0.00000288. The number of pyridine rings is 1. The van der Waals surface area contributed by atoms with Crippen molar-refractivity contribution >= 4 is 35.8 Å². The molecule has 1 aliphatic heterocycles. The first-order chi connectivity index (χ1) is 11.1. The molecule has 2 heterocycles. The lowest BCUT2D eigenvalue weighted by Gasteiger charge is -2.21. The van der Waals surface area contributed by atoms with Crippen molar-refractivity contribution in [2.75, 3.05) is 52.3 Å². The maximum Gasteiger partial charge on any atom is 0.194 e. The second-order valence-electron chi connectivity index (χ2n) is 6.11. The maximum absolute atomic E-state index is 5.28. The largest absolute Gasteiger partial charge is 0.384 e. The lowest BCUT2D eigenvalue weighted by Crippen LogP contribution is -2.40. The van der Waals surface area contributed by atoms with Crippen molar-refractivity contribution in [2.24, 2.45) is 10.9 Å². The topological polar surface area (TPSA) is 53.0 Å². The second kappa shape index (κ2) is 10.7. The van der Waals surface area contributed by atoms with Crippen molar-refractivity contribution in [3.8, 4) is 0 Å². The van der Waals surface area contributed by atoms with Gasteiger partial charge in [0.1, 0.15) is 5.82 Å². The van der Waals surface area contributed by atoms with E-state index in [2.05, 4.69) is 22.1 Å². The fourth-order valence-corrected chi connectivity index (χ4v) is 2.78. The van der Waals surface area contributed by atoms with Crippen LogP contribution in [0.3, 0.4) is 0 Å². The summed E-state index contributed by atoms with van der Waals surface area (Å²) in [5, 5.41) is 3.39. The SMILES string of the molecule is CCNC(=NCc1cccc(N(C)C)n1)N1CCC(COC)C1.I. The first-order valence-electron chi connectivity index (χ1n) is 8.29. The van der Waals surface area contributed by atoms with E-state index in [1.165, 1.54) is 0 Å². The van der Waals surface area contributed by atoms with Crippen LogP contribution in [0.5, 0.6) is 0 Å². The molecule has 1 saturated heterocycles. The standard InChI is InChI=1S/C17H29N5O.HI/c1-5-18-17(22-10-9-14(12-22)13-23-4)19-11-15-7-6-8-16(20-15)21(2)3;/h6-8,14H,5,9-13H2,1-4H3,(H,18,19);1H. The molecule has 0 aromatic carbocycles. The molecule has 1 unspecified atom stereocenters. The van der Waals surface area contributed by atoms with Crippen LogP contribution in [0.4, 0.5) is 5.82 Å². The van der Waals surface area contributed by atoms with E-state index in [4.69, 9.17) is 9.73 Å². The van der Waals surface area contributed by atoms with E-state index >= 15 is 0 Å². The van der Waals surface area contributed by atoms with Gasteiger partial charge in [0.25, 0.3) is 0 Å². The molecular weight excluding hydrogens is 417 g/mol. The molecule has 1 aromatic rings. The number of aliphatic imine (C=N–C) groups is 1. The molecule has 0 spiro atoms. The number of hydrogen-bond donors (Lipinski definition) is 1. The summed E-state index contributed by atoms with van der Waals surface area (Å²) in [6.45, 7) is 6.42. The highest BCUT2D eigenvalue weighted by atomic mass is 127. The molecule has 1 aromatic heterocycles. The number of rotatable bonds is 6. The zero-order valence-electron chi connectivity index (χ0n) is 15.2. The third kappa shape index (κ3) is 6.08. The van der Waals surface area contributed by atoms with Crippen molar-refractivity contribution in [3.05, 3.63) is 23.9 Å². The first kappa shape index (κ1) is 21.0. The minimum Gasteiger partial charge on any atom is -0.384 e. The van der Waals surface area contributed by atoms with Gasteiger partial charge < -0.3 is 19.9 Å². The van der Waals surface area contributed by atoms with E-state index in [9.17, 15) is 0 Å². The third-order valence-corrected chi connectivity index (χ3v) is 3.96. The zero-order chi connectivity index (χ0) is 16.7. The average molecular weight is 447 g/mol. The van der Waals surface area contributed by atoms with E-state index in [0.29, 0.717) is 12.5 Å². The van der Waals surface area contributed by atoms with Gasteiger partial charge >= 0.3 is 0 Å². The van der Waals surface area contributed by atoms with Gasteiger partial charge in [-0.25, -0.2) is 9.98 Å². The average Bonchev–Trinajstić information content (AvgIpc) is 3.00. The molecule has 0 aliphatic carbocycles. The van der Waals surface area contributed by atoms with Gasteiger partial charge in [0.2, 0.25) is 0 Å². The van der Waals surface area contributed by atoms with E-state index in [-0.39, 0.29) is 24.0 Å². The van der Waals surface area contributed by atoms with Gasteiger partial charge in [-0.1, -0.05) is 6.07 Å². The molecule has 0 radical (unpaired) electrons. The highest BCUT2D eigenvalue weighted by Crippen LogP contribution is 2.17. The minimum absolute atomic E-state index is 0. The number of methoxy groups -OCH3 is 1. The Morgan fingerprint density at radius 2 is 2.25 bits per heavy atom. The third-order valence-electron chi connectivity index (χ3n) is 3.96. The summed E-state index contributed by atoms with van der Waals surface area (Å²) in [6, 6.07) is 6.07. The molecule has 1 fully saturated rings. The number of guanidine groups is 1. The molecule has 1 atom stereocenters. The number of halogens is 1. The smallest absolute Gasteiger partial charge is 0.194 e. The number of ether oxygens (including phenoxy) is 1. The van der Waals surface area contributed by atoms with Crippen LogP contribution in [0, 0.1) is 5.92 Å². The van der Waals surface area contributed by atoms with Crippen LogP contribution in [0.1, 0.15) is 19.0 Å². The normalized spacial score (nSPS) is 17.6. The number of aromatic nitrogens is 1. The first-order valence-corrected chi connectivity index (χ1v) is 8.29. The molecule has 0 amide bonds. The van der Waals surface area contributed by atoms with E-state index in [0.717, 1.165) is 50.1 Å². The summed E-state index contributed by atoms with van der Waals surface area (Å²) in [5.41, 5.74) is 0.985. The Labute approximate surface area is 162 Å². The van der Waals surface area contributed by atoms with E-state index in [1.54, 1.807) is 7.11 Å². The van der Waals surface area contributed by atoms with Gasteiger partial charge in [-0.3, -0.25) is 0 Å². The zero-order valence-corrected chi connectivity index (χ0v) is 17.5. The van der Waals surface area contributed by atoms with Crippen LogP contribution >= 0.6 is 24.0 Å². The van der Waals surface area contributed by atoms with Gasteiger partial charge in [0, 0.05) is 46.8 Å². The Bertz CT molecular complexity index is 523. The van der Waals surface area contributed by atoms with Crippen LogP contribution in [-0.2, 0) is 11.3 Å². The van der Waals surface area contributed by atoms with Crippen LogP contribution in [0.25, 0.3) is 0 Å². The predicted octanol–water partition coefficient (Wildman–Crippen LogP) is 2.20. The van der Waals surface area contributed by atoms with Gasteiger partial charge in [0.05, 0.1) is 18.8 Å². The molecule has 0 saturated carbocycles. The van der Waals surface area contributed by atoms with Gasteiger partial charge in [0.15, 0.2) is 5.96 Å². The van der Waals surface area contributed by atoms with Crippen molar-refractivity contribution in [1.82, 2.24) is 15.2 Å². The number of nitrogens with one attached hydrogen (secondary N) is 1. The fraction of sp³-hybridized carbons (Fsp3) is 0.647. The van der Waals surface area contributed by atoms with Crippen LogP contribution in [-0.4, -0.2) is 63.3 Å². The Kier molecular flexibility index (Phi) is 9.35. The minimum atomic E-state index is 0. The number of nitrogens with zero attached hydrogens (tertiary/aromatic N) is 4.